The predicted octanol–water partition coefficient (Wildman–Crippen LogP) is 1.80. The van der Waals surface area contributed by atoms with Crippen molar-refractivity contribution in [2.45, 2.75) is 38.5 Å². The molecule has 1 heterocycles. The molecular formula is C8H17IN2OS. The van der Waals surface area contributed by atoms with E-state index in [0.717, 1.165) is 5.17 Å². The Bertz CT molecular complexity index is 216. The van der Waals surface area contributed by atoms with Crippen LogP contribution >= 0.6 is 35.7 Å². The Kier molecular flexibility index (Phi) is 4.52. The van der Waals surface area contributed by atoms with E-state index in [1.54, 1.807) is 6.92 Å². The molecule has 2 N–H and O–H groups in total. The molecule has 0 aromatic heterocycles. The molecule has 1 aliphatic rings. The van der Waals surface area contributed by atoms with Crippen molar-refractivity contribution < 1.29 is 5.11 Å². The normalized spacial score (nSPS) is 31.3. The van der Waals surface area contributed by atoms with Gasteiger partial charge >= 0.3 is 0 Å². The van der Waals surface area contributed by atoms with Crippen LogP contribution in [0.4, 0.5) is 0 Å². The molecule has 3 nitrogen and oxygen atoms in total. The molecule has 0 spiro atoms. The number of nitrogens with zero attached hydrogens (tertiary/aromatic N) is 1. The maximum atomic E-state index is 9.77. The van der Waals surface area contributed by atoms with Crippen LogP contribution in [0.25, 0.3) is 0 Å². The zero-order chi connectivity index (χ0) is 9.41. The minimum atomic E-state index is -0.910. The predicted molar refractivity (Wildman–Crippen MR) is 68.8 cm³/mol. The zero-order valence-electron chi connectivity index (χ0n) is 8.42. The summed E-state index contributed by atoms with van der Waals surface area (Å²) in [4.78, 5) is 4.15. The minimum absolute atomic E-state index is 0. The summed E-state index contributed by atoms with van der Waals surface area (Å²) >= 11 is 1.53. The van der Waals surface area contributed by atoms with Crippen molar-refractivity contribution in [1.29, 1.82) is 0 Å². The van der Waals surface area contributed by atoms with E-state index < -0.39 is 5.72 Å². The van der Waals surface area contributed by atoms with Gasteiger partial charge in [0.15, 0.2) is 10.9 Å². The SMILES string of the molecule is CSC1=NC(C)(O)CC(C)(C)N1.I. The van der Waals surface area contributed by atoms with Crippen molar-refractivity contribution in [3.05, 3.63) is 0 Å². The average molecular weight is 316 g/mol. The number of rotatable bonds is 0. The summed E-state index contributed by atoms with van der Waals surface area (Å²) < 4.78 is 0. The van der Waals surface area contributed by atoms with Crippen LogP contribution in [0.5, 0.6) is 0 Å². The van der Waals surface area contributed by atoms with Gasteiger partial charge in [0, 0.05) is 12.0 Å². The largest absolute Gasteiger partial charge is 0.369 e. The van der Waals surface area contributed by atoms with Crippen LogP contribution in [0.3, 0.4) is 0 Å². The van der Waals surface area contributed by atoms with Crippen LogP contribution in [0.15, 0.2) is 4.99 Å². The van der Waals surface area contributed by atoms with Crippen LogP contribution in [-0.2, 0) is 0 Å². The summed E-state index contributed by atoms with van der Waals surface area (Å²) in [5.74, 6) is 0. The lowest BCUT2D eigenvalue weighted by atomic mass is 9.93. The molecule has 1 unspecified atom stereocenters. The molecule has 13 heavy (non-hydrogen) atoms. The molecule has 5 heteroatoms. The van der Waals surface area contributed by atoms with E-state index in [9.17, 15) is 5.11 Å². The molecule has 78 valence electrons. The highest BCUT2D eigenvalue weighted by atomic mass is 127. The fourth-order valence-electron chi connectivity index (χ4n) is 1.55. The lowest BCUT2D eigenvalue weighted by Gasteiger charge is -2.38. The molecule has 0 bridgehead atoms. The summed E-state index contributed by atoms with van der Waals surface area (Å²) in [7, 11) is 0. The Labute approximate surface area is 101 Å². The molecule has 0 aromatic carbocycles. The van der Waals surface area contributed by atoms with Gasteiger partial charge in [-0.2, -0.15) is 0 Å². The zero-order valence-corrected chi connectivity index (χ0v) is 11.6. The Morgan fingerprint density at radius 3 is 2.38 bits per heavy atom. The van der Waals surface area contributed by atoms with Gasteiger partial charge in [-0.25, -0.2) is 4.99 Å². The second-order valence-corrected chi connectivity index (χ2v) is 4.82. The number of hydrogen-bond donors (Lipinski definition) is 2. The number of nitrogens with one attached hydrogen (secondary N) is 1. The first kappa shape index (κ1) is 13.5. The molecule has 0 radical (unpaired) electrons. The van der Waals surface area contributed by atoms with E-state index in [0.29, 0.717) is 6.42 Å². The van der Waals surface area contributed by atoms with Crippen LogP contribution in [-0.4, -0.2) is 27.8 Å². The van der Waals surface area contributed by atoms with Gasteiger partial charge in [0.05, 0.1) is 0 Å². The van der Waals surface area contributed by atoms with Crippen LogP contribution < -0.4 is 5.32 Å². The highest BCUT2D eigenvalue weighted by Crippen LogP contribution is 2.27. The quantitative estimate of drug-likeness (QED) is 0.670. The second kappa shape index (κ2) is 4.35. The van der Waals surface area contributed by atoms with Gasteiger partial charge in [0.2, 0.25) is 0 Å². The van der Waals surface area contributed by atoms with E-state index in [-0.39, 0.29) is 29.5 Å². The fourth-order valence-corrected chi connectivity index (χ4v) is 2.22. The number of amidine groups is 1. The summed E-state index contributed by atoms with van der Waals surface area (Å²) in [6.45, 7) is 5.87. The van der Waals surface area contributed by atoms with Gasteiger partial charge in [-0.15, -0.1) is 24.0 Å². The van der Waals surface area contributed by atoms with E-state index in [4.69, 9.17) is 0 Å². The number of aliphatic imine (C=N–C) groups is 1. The molecule has 0 aliphatic carbocycles. The molecule has 0 amide bonds. The van der Waals surface area contributed by atoms with Gasteiger partial charge < -0.3 is 10.4 Å². The van der Waals surface area contributed by atoms with Crippen LogP contribution in [0.2, 0.25) is 0 Å². The summed E-state index contributed by atoms with van der Waals surface area (Å²) in [5, 5.41) is 13.8. The third kappa shape index (κ3) is 4.03. The van der Waals surface area contributed by atoms with Crippen molar-refractivity contribution in [2.75, 3.05) is 6.26 Å². The molecule has 1 atom stereocenters. The standard InChI is InChI=1S/C8H16N2OS.HI/c1-7(2)5-8(3,11)10-6(9-7)12-4;/h11H,5H2,1-4H3,(H,9,10);1H. The van der Waals surface area contributed by atoms with Gasteiger partial charge in [-0.05, 0) is 27.0 Å². The van der Waals surface area contributed by atoms with Gasteiger partial charge in [-0.1, -0.05) is 11.8 Å². The molecule has 0 saturated heterocycles. The first-order valence-corrected chi connectivity index (χ1v) is 5.22. The van der Waals surface area contributed by atoms with Gasteiger partial charge in [0.25, 0.3) is 0 Å². The lowest BCUT2D eigenvalue weighted by molar-refractivity contribution is 0.0309. The van der Waals surface area contributed by atoms with Crippen molar-refractivity contribution in [3.63, 3.8) is 0 Å². The van der Waals surface area contributed by atoms with Crippen LogP contribution in [0, 0.1) is 0 Å². The summed E-state index contributed by atoms with van der Waals surface area (Å²) in [5.41, 5.74) is -0.976. The van der Waals surface area contributed by atoms with Crippen molar-refractivity contribution in [2.24, 2.45) is 4.99 Å². The molecule has 0 fully saturated rings. The molecule has 0 aromatic rings. The minimum Gasteiger partial charge on any atom is -0.369 e. The van der Waals surface area contributed by atoms with Crippen molar-refractivity contribution in [1.82, 2.24) is 5.32 Å². The number of aliphatic hydroxyl groups is 1. The number of halogens is 1. The van der Waals surface area contributed by atoms with E-state index in [1.807, 2.05) is 6.26 Å². The molecular weight excluding hydrogens is 299 g/mol. The maximum absolute atomic E-state index is 9.77. The van der Waals surface area contributed by atoms with E-state index in [2.05, 4.69) is 24.2 Å². The monoisotopic (exact) mass is 316 g/mol. The van der Waals surface area contributed by atoms with Crippen LogP contribution in [0.1, 0.15) is 27.2 Å². The van der Waals surface area contributed by atoms with Gasteiger partial charge in [0.1, 0.15) is 0 Å². The topological polar surface area (TPSA) is 44.6 Å². The number of hydrogen-bond acceptors (Lipinski definition) is 4. The highest BCUT2D eigenvalue weighted by molar-refractivity contribution is 14.0. The first-order valence-electron chi connectivity index (χ1n) is 3.99. The third-order valence-corrected chi connectivity index (χ3v) is 2.34. The summed E-state index contributed by atoms with van der Waals surface area (Å²) in [6.07, 6.45) is 2.59. The highest BCUT2D eigenvalue weighted by Gasteiger charge is 2.35. The molecule has 0 saturated carbocycles. The molecule has 1 aliphatic heterocycles. The van der Waals surface area contributed by atoms with Crippen molar-refractivity contribution >= 4 is 40.9 Å². The Hall–Kier alpha value is 0.510. The summed E-state index contributed by atoms with van der Waals surface area (Å²) in [6, 6.07) is 0. The second-order valence-electron chi connectivity index (χ2n) is 4.02. The Morgan fingerprint density at radius 1 is 1.46 bits per heavy atom. The Morgan fingerprint density at radius 2 is 2.00 bits per heavy atom. The Balaban J connectivity index is 0.00000144. The first-order chi connectivity index (χ1) is 5.35. The smallest absolute Gasteiger partial charge is 0.159 e. The van der Waals surface area contributed by atoms with E-state index in [1.165, 1.54) is 11.8 Å². The average Bonchev–Trinajstić information content (AvgIpc) is 1.80. The third-order valence-electron chi connectivity index (χ3n) is 1.76. The lowest BCUT2D eigenvalue weighted by Crippen LogP contribution is -2.52. The van der Waals surface area contributed by atoms with Gasteiger partial charge in [-0.3, -0.25) is 0 Å². The van der Waals surface area contributed by atoms with E-state index >= 15 is 0 Å². The molecule has 1 rings (SSSR count). The number of thioether (sulfide) groups is 1. The fraction of sp³-hybridized carbons (Fsp3) is 0.875. The maximum Gasteiger partial charge on any atom is 0.159 e. The van der Waals surface area contributed by atoms with Crippen molar-refractivity contribution in [3.8, 4) is 0 Å².